The number of rotatable bonds is 6. The Hall–Kier alpha value is -1.77. The van der Waals surface area contributed by atoms with Crippen molar-refractivity contribution in [2.75, 3.05) is 0 Å². The van der Waals surface area contributed by atoms with E-state index in [1.165, 1.54) is 23.5 Å². The van der Waals surface area contributed by atoms with E-state index in [0.717, 1.165) is 23.1 Å². The van der Waals surface area contributed by atoms with E-state index in [1.54, 1.807) is 0 Å². The SMILES string of the molecule is CCc1ccsc1CNS(=O)(=O)c1ccc(C(=O)O)cn1. The normalized spacial score (nSPS) is 11.5. The molecule has 0 unspecified atom stereocenters. The van der Waals surface area contributed by atoms with Crippen LogP contribution < -0.4 is 4.72 Å². The first-order valence-electron chi connectivity index (χ1n) is 6.18. The van der Waals surface area contributed by atoms with Crippen molar-refractivity contribution in [3.63, 3.8) is 0 Å². The van der Waals surface area contributed by atoms with Crippen LogP contribution in [0.4, 0.5) is 0 Å². The third kappa shape index (κ3) is 3.66. The maximum Gasteiger partial charge on any atom is 0.337 e. The molecule has 0 atom stereocenters. The van der Waals surface area contributed by atoms with Crippen molar-refractivity contribution < 1.29 is 18.3 Å². The molecule has 8 heteroatoms. The topological polar surface area (TPSA) is 96.4 Å². The van der Waals surface area contributed by atoms with Crippen LogP contribution in [0, 0.1) is 0 Å². The van der Waals surface area contributed by atoms with Gasteiger partial charge in [-0.25, -0.2) is 22.9 Å². The number of pyridine rings is 1. The Labute approximate surface area is 126 Å². The molecule has 112 valence electrons. The van der Waals surface area contributed by atoms with E-state index >= 15 is 0 Å². The molecule has 0 fully saturated rings. The number of aromatic nitrogens is 1. The molecule has 0 amide bonds. The summed E-state index contributed by atoms with van der Waals surface area (Å²) >= 11 is 1.49. The lowest BCUT2D eigenvalue weighted by Crippen LogP contribution is -2.24. The minimum Gasteiger partial charge on any atom is -0.478 e. The summed E-state index contributed by atoms with van der Waals surface area (Å²) in [6.45, 7) is 2.21. The summed E-state index contributed by atoms with van der Waals surface area (Å²) in [5.74, 6) is -1.15. The van der Waals surface area contributed by atoms with Crippen LogP contribution in [0.2, 0.25) is 0 Å². The molecule has 2 rings (SSSR count). The molecule has 0 saturated carbocycles. The summed E-state index contributed by atoms with van der Waals surface area (Å²) in [6.07, 6.45) is 1.87. The molecule has 2 aromatic rings. The number of nitrogens with zero attached hydrogens (tertiary/aromatic N) is 1. The van der Waals surface area contributed by atoms with Crippen molar-refractivity contribution in [1.29, 1.82) is 0 Å². The van der Waals surface area contributed by atoms with E-state index < -0.39 is 16.0 Å². The molecule has 6 nitrogen and oxygen atoms in total. The van der Waals surface area contributed by atoms with E-state index in [2.05, 4.69) is 9.71 Å². The number of thiophene rings is 1. The molecule has 0 aliphatic heterocycles. The largest absolute Gasteiger partial charge is 0.478 e. The summed E-state index contributed by atoms with van der Waals surface area (Å²) < 4.78 is 26.7. The van der Waals surface area contributed by atoms with Gasteiger partial charge in [0.25, 0.3) is 10.0 Å². The van der Waals surface area contributed by atoms with Crippen molar-refractivity contribution in [3.05, 3.63) is 45.8 Å². The molecule has 0 aromatic carbocycles. The Bertz CT molecular complexity index is 736. The van der Waals surface area contributed by atoms with Gasteiger partial charge in [0.05, 0.1) is 5.56 Å². The number of aromatic carboxylic acids is 1. The highest BCUT2D eigenvalue weighted by molar-refractivity contribution is 7.89. The predicted molar refractivity (Wildman–Crippen MR) is 78.9 cm³/mol. The van der Waals surface area contributed by atoms with E-state index in [4.69, 9.17) is 5.11 Å². The Kier molecular flexibility index (Phi) is 4.71. The minimum absolute atomic E-state index is 0.0551. The number of aryl methyl sites for hydroxylation is 1. The highest BCUT2D eigenvalue weighted by Crippen LogP contribution is 2.18. The molecule has 0 aliphatic rings. The molecule has 0 radical (unpaired) electrons. The van der Waals surface area contributed by atoms with Crippen LogP contribution in [0.1, 0.15) is 27.7 Å². The molecule has 21 heavy (non-hydrogen) atoms. The van der Waals surface area contributed by atoms with Gasteiger partial charge < -0.3 is 5.11 Å². The predicted octanol–water partition coefficient (Wildman–Crippen LogP) is 1.88. The molecular weight excluding hydrogens is 312 g/mol. The smallest absolute Gasteiger partial charge is 0.337 e. The maximum atomic E-state index is 12.1. The lowest BCUT2D eigenvalue weighted by Gasteiger charge is -2.06. The number of carboxylic acid groups (broad SMARTS) is 1. The molecular formula is C13H14N2O4S2. The van der Waals surface area contributed by atoms with Crippen LogP contribution >= 0.6 is 11.3 Å². The second-order valence-corrected chi connectivity index (χ2v) is 6.95. The highest BCUT2D eigenvalue weighted by atomic mass is 32.2. The molecule has 0 bridgehead atoms. The number of hydrogen-bond acceptors (Lipinski definition) is 5. The Morgan fingerprint density at radius 1 is 1.38 bits per heavy atom. The second-order valence-electron chi connectivity index (χ2n) is 4.24. The van der Waals surface area contributed by atoms with Crippen molar-refractivity contribution >= 4 is 27.3 Å². The maximum absolute atomic E-state index is 12.1. The van der Waals surface area contributed by atoms with Gasteiger partial charge in [-0.15, -0.1) is 11.3 Å². The minimum atomic E-state index is -3.75. The standard InChI is InChI=1S/C13H14N2O4S2/c1-2-9-5-6-20-11(9)8-15-21(18,19)12-4-3-10(7-14-12)13(16)17/h3-7,15H,2,8H2,1H3,(H,16,17). The molecule has 0 saturated heterocycles. The Morgan fingerprint density at radius 3 is 2.71 bits per heavy atom. The zero-order valence-electron chi connectivity index (χ0n) is 11.2. The first-order valence-corrected chi connectivity index (χ1v) is 8.54. The summed E-state index contributed by atoms with van der Waals surface area (Å²) in [5.41, 5.74) is 1.05. The quantitative estimate of drug-likeness (QED) is 0.845. The second kappa shape index (κ2) is 6.33. The fourth-order valence-corrected chi connectivity index (χ4v) is 3.67. The van der Waals surface area contributed by atoms with Gasteiger partial charge >= 0.3 is 5.97 Å². The van der Waals surface area contributed by atoms with Gasteiger partial charge in [0.1, 0.15) is 0 Å². The van der Waals surface area contributed by atoms with E-state index in [1.807, 2.05) is 18.4 Å². The lowest BCUT2D eigenvalue weighted by atomic mass is 10.2. The van der Waals surface area contributed by atoms with Gasteiger partial charge in [0.2, 0.25) is 0 Å². The summed E-state index contributed by atoms with van der Waals surface area (Å²) in [7, 11) is -3.75. The fraction of sp³-hybridized carbons (Fsp3) is 0.231. The average molecular weight is 326 g/mol. The molecule has 2 heterocycles. The Balaban J connectivity index is 2.13. The third-order valence-electron chi connectivity index (χ3n) is 2.90. The average Bonchev–Trinajstić information content (AvgIpc) is 2.93. The summed E-state index contributed by atoms with van der Waals surface area (Å²) in [4.78, 5) is 15.4. The molecule has 0 spiro atoms. The van der Waals surface area contributed by atoms with Gasteiger partial charge in [-0.1, -0.05) is 6.92 Å². The van der Waals surface area contributed by atoms with Gasteiger partial charge in [-0.05, 0) is 35.6 Å². The lowest BCUT2D eigenvalue weighted by molar-refractivity contribution is 0.0696. The van der Waals surface area contributed by atoms with Crippen LogP contribution in [0.25, 0.3) is 0 Å². The van der Waals surface area contributed by atoms with Crippen molar-refractivity contribution in [2.45, 2.75) is 24.9 Å². The van der Waals surface area contributed by atoms with Gasteiger partial charge in [-0.3, -0.25) is 0 Å². The first-order chi connectivity index (χ1) is 9.94. The number of sulfonamides is 1. The number of nitrogens with one attached hydrogen (secondary N) is 1. The van der Waals surface area contributed by atoms with Crippen LogP contribution in [0.3, 0.4) is 0 Å². The van der Waals surface area contributed by atoms with E-state index in [9.17, 15) is 13.2 Å². The summed E-state index contributed by atoms with van der Waals surface area (Å²) in [6, 6.07) is 4.36. The first kappa shape index (κ1) is 15.6. The number of carboxylic acids is 1. The molecule has 2 aromatic heterocycles. The van der Waals surface area contributed by atoms with E-state index in [0.29, 0.717) is 0 Å². The van der Waals surface area contributed by atoms with E-state index in [-0.39, 0.29) is 17.1 Å². The highest BCUT2D eigenvalue weighted by Gasteiger charge is 2.17. The molecule has 0 aliphatic carbocycles. The van der Waals surface area contributed by atoms with Gasteiger partial charge in [0.15, 0.2) is 5.03 Å². The Morgan fingerprint density at radius 2 is 2.14 bits per heavy atom. The molecule has 2 N–H and O–H groups in total. The van der Waals surface area contributed by atoms with Gasteiger partial charge in [-0.2, -0.15) is 0 Å². The number of carbonyl (C=O) groups is 1. The summed E-state index contributed by atoms with van der Waals surface area (Å²) in [5, 5.41) is 10.5. The van der Waals surface area contributed by atoms with Crippen molar-refractivity contribution in [3.8, 4) is 0 Å². The van der Waals surface area contributed by atoms with Crippen LogP contribution in [-0.4, -0.2) is 24.5 Å². The zero-order valence-corrected chi connectivity index (χ0v) is 12.9. The third-order valence-corrected chi connectivity index (χ3v) is 5.18. The van der Waals surface area contributed by atoms with Crippen molar-refractivity contribution in [2.24, 2.45) is 0 Å². The van der Waals surface area contributed by atoms with Crippen molar-refractivity contribution in [1.82, 2.24) is 9.71 Å². The zero-order chi connectivity index (χ0) is 15.5. The van der Waals surface area contributed by atoms with Crippen LogP contribution in [0.5, 0.6) is 0 Å². The van der Waals surface area contributed by atoms with Crippen LogP contribution in [-0.2, 0) is 23.0 Å². The monoisotopic (exact) mass is 326 g/mol. The van der Waals surface area contributed by atoms with Crippen LogP contribution in [0.15, 0.2) is 34.8 Å². The fourth-order valence-electron chi connectivity index (χ4n) is 1.74. The van der Waals surface area contributed by atoms with Gasteiger partial charge in [0, 0.05) is 17.6 Å². The number of hydrogen-bond donors (Lipinski definition) is 2.